The van der Waals surface area contributed by atoms with E-state index in [1.165, 1.54) is 4.90 Å². The largest absolute Gasteiger partial charge is 0.455 e. The Morgan fingerprint density at radius 1 is 1.38 bits per heavy atom. The van der Waals surface area contributed by atoms with Crippen LogP contribution in [0.2, 0.25) is 5.15 Å². The first-order valence-corrected chi connectivity index (χ1v) is 8.35. The number of carbonyl (C=O) groups excluding carboxylic acids is 1. The lowest BCUT2D eigenvalue weighted by atomic mass is 9.76. The van der Waals surface area contributed by atoms with Gasteiger partial charge in [0.15, 0.2) is 11.7 Å². The number of rotatable bonds is 0. The minimum Gasteiger partial charge on any atom is -0.455 e. The van der Waals surface area contributed by atoms with E-state index in [0.717, 1.165) is 10.0 Å². The van der Waals surface area contributed by atoms with Gasteiger partial charge >= 0.3 is 0 Å². The van der Waals surface area contributed by atoms with Crippen LogP contribution in [-0.4, -0.2) is 28.8 Å². The summed E-state index contributed by atoms with van der Waals surface area (Å²) in [7, 11) is 1.58. The molecule has 1 spiro atoms. The molecule has 2 aliphatic heterocycles. The van der Waals surface area contributed by atoms with Crippen molar-refractivity contribution < 1.29 is 9.53 Å². The van der Waals surface area contributed by atoms with Crippen molar-refractivity contribution in [3.8, 4) is 11.5 Å². The first-order chi connectivity index (χ1) is 11.4. The van der Waals surface area contributed by atoms with E-state index in [1.54, 1.807) is 19.3 Å². The Hall–Kier alpha value is -2.12. The van der Waals surface area contributed by atoms with E-state index in [-0.39, 0.29) is 18.3 Å². The Morgan fingerprint density at radius 3 is 2.88 bits per heavy atom. The van der Waals surface area contributed by atoms with Crippen LogP contribution in [0.3, 0.4) is 0 Å². The van der Waals surface area contributed by atoms with Crippen LogP contribution in [0.4, 0.5) is 0 Å². The highest BCUT2D eigenvalue weighted by molar-refractivity contribution is 9.10. The average molecular weight is 408 g/mol. The Kier molecular flexibility index (Phi) is 3.33. The van der Waals surface area contributed by atoms with E-state index in [1.807, 2.05) is 18.2 Å². The van der Waals surface area contributed by atoms with Gasteiger partial charge in [-0.1, -0.05) is 27.5 Å². The van der Waals surface area contributed by atoms with Gasteiger partial charge in [0.05, 0.1) is 12.6 Å². The molecule has 1 saturated heterocycles. The number of carbonyl (C=O) groups is 1. The molecule has 0 saturated carbocycles. The second kappa shape index (κ2) is 5.19. The number of halogens is 2. The number of hydrogen-bond acceptors (Lipinski definition) is 4. The number of ether oxygens (including phenoxy) is 1. The molecular formula is C16H12BrClN4O2. The average Bonchev–Trinajstić information content (AvgIpc) is 2.54. The van der Waals surface area contributed by atoms with Gasteiger partial charge in [0.2, 0.25) is 5.91 Å². The van der Waals surface area contributed by atoms with Gasteiger partial charge in [-0.3, -0.25) is 15.1 Å². The number of benzene rings is 1. The van der Waals surface area contributed by atoms with Crippen LogP contribution in [0.25, 0.3) is 0 Å². The highest BCUT2D eigenvalue weighted by atomic mass is 79.9. The summed E-state index contributed by atoms with van der Waals surface area (Å²) in [6.45, 7) is 0. The molecule has 0 unspecified atom stereocenters. The Labute approximate surface area is 151 Å². The van der Waals surface area contributed by atoms with Gasteiger partial charge in [-0.05, 0) is 24.3 Å². The van der Waals surface area contributed by atoms with Crippen LogP contribution in [0.5, 0.6) is 11.5 Å². The van der Waals surface area contributed by atoms with E-state index >= 15 is 0 Å². The van der Waals surface area contributed by atoms with Crippen molar-refractivity contribution in [1.82, 2.24) is 15.2 Å². The summed E-state index contributed by atoms with van der Waals surface area (Å²) in [6, 6.07) is 7.26. The zero-order valence-corrected chi connectivity index (χ0v) is 14.9. The second-order valence-corrected chi connectivity index (χ2v) is 7.06. The molecule has 2 aromatic rings. The van der Waals surface area contributed by atoms with E-state index < -0.39 is 5.54 Å². The van der Waals surface area contributed by atoms with Crippen LogP contribution < -0.4 is 10.1 Å². The van der Waals surface area contributed by atoms with Gasteiger partial charge in [0.25, 0.3) is 0 Å². The highest BCUT2D eigenvalue weighted by Crippen LogP contribution is 2.50. The third-order valence-electron chi connectivity index (χ3n) is 4.37. The molecule has 1 amide bonds. The topological polar surface area (TPSA) is 78.3 Å². The van der Waals surface area contributed by atoms with Gasteiger partial charge in [0, 0.05) is 22.6 Å². The first kappa shape index (κ1) is 15.4. The van der Waals surface area contributed by atoms with Crippen molar-refractivity contribution >= 4 is 39.4 Å². The third-order valence-corrected chi connectivity index (χ3v) is 5.07. The van der Waals surface area contributed by atoms with Gasteiger partial charge in [0.1, 0.15) is 16.4 Å². The number of fused-ring (bicyclic) bond motifs is 4. The molecule has 1 fully saturated rings. The minimum absolute atomic E-state index is 0.0259. The fourth-order valence-corrected chi connectivity index (χ4v) is 3.66. The summed E-state index contributed by atoms with van der Waals surface area (Å²) in [4.78, 5) is 17.9. The van der Waals surface area contributed by atoms with Crippen molar-refractivity contribution in [3.63, 3.8) is 0 Å². The molecule has 6 nitrogen and oxygen atoms in total. The standard InChI is InChI=1S/C16H12BrClN4O2/c1-22-14(23)6-16(21-15(22)19)9-4-8(17)2-3-11(9)24-12-7-20-13(18)5-10(12)16/h2-5,7H,6H2,1H3,(H2,19,21)/t16-/m0/s1. The number of amides is 1. The van der Waals surface area contributed by atoms with Crippen molar-refractivity contribution in [3.05, 3.63) is 51.2 Å². The molecule has 0 radical (unpaired) electrons. The molecule has 8 heteroatoms. The van der Waals surface area contributed by atoms with Crippen molar-refractivity contribution in [2.24, 2.45) is 0 Å². The maximum absolute atomic E-state index is 12.5. The molecular weight excluding hydrogens is 396 g/mol. The molecule has 0 bridgehead atoms. The Morgan fingerprint density at radius 2 is 2.12 bits per heavy atom. The summed E-state index contributed by atoms with van der Waals surface area (Å²) in [5, 5.41) is 11.7. The predicted octanol–water partition coefficient (Wildman–Crippen LogP) is 3.23. The number of hydrogen-bond donors (Lipinski definition) is 2. The number of nitrogens with one attached hydrogen (secondary N) is 2. The molecule has 2 aliphatic rings. The van der Waals surface area contributed by atoms with E-state index in [9.17, 15) is 4.79 Å². The van der Waals surface area contributed by atoms with Gasteiger partial charge in [-0.15, -0.1) is 0 Å². The molecule has 24 heavy (non-hydrogen) atoms. The van der Waals surface area contributed by atoms with Crippen LogP contribution in [0.1, 0.15) is 17.5 Å². The summed E-state index contributed by atoms with van der Waals surface area (Å²) in [5.41, 5.74) is 0.553. The van der Waals surface area contributed by atoms with Crippen LogP contribution in [-0.2, 0) is 10.3 Å². The number of nitrogens with zero attached hydrogens (tertiary/aromatic N) is 2. The number of pyridine rings is 1. The molecule has 122 valence electrons. The normalized spacial score (nSPS) is 21.9. The third kappa shape index (κ3) is 2.12. The molecule has 1 aromatic carbocycles. The van der Waals surface area contributed by atoms with Crippen molar-refractivity contribution in [2.75, 3.05) is 7.05 Å². The summed E-state index contributed by atoms with van der Waals surface area (Å²) < 4.78 is 6.79. The van der Waals surface area contributed by atoms with Crippen molar-refractivity contribution in [1.29, 1.82) is 5.41 Å². The monoisotopic (exact) mass is 406 g/mol. The highest BCUT2D eigenvalue weighted by Gasteiger charge is 2.49. The summed E-state index contributed by atoms with van der Waals surface area (Å²) in [5.74, 6) is 1.00. The lowest BCUT2D eigenvalue weighted by molar-refractivity contribution is -0.129. The zero-order valence-electron chi connectivity index (χ0n) is 12.6. The number of guanidine groups is 1. The fourth-order valence-electron chi connectivity index (χ4n) is 3.15. The van der Waals surface area contributed by atoms with Gasteiger partial charge < -0.3 is 10.1 Å². The molecule has 4 rings (SSSR count). The smallest absolute Gasteiger partial charge is 0.232 e. The lowest BCUT2D eigenvalue weighted by Crippen LogP contribution is -2.60. The van der Waals surface area contributed by atoms with Crippen LogP contribution in [0, 0.1) is 5.41 Å². The van der Waals surface area contributed by atoms with Crippen molar-refractivity contribution in [2.45, 2.75) is 12.0 Å². The van der Waals surface area contributed by atoms with Crippen LogP contribution in [0.15, 0.2) is 34.9 Å². The lowest BCUT2D eigenvalue weighted by Gasteiger charge is -2.45. The first-order valence-electron chi connectivity index (χ1n) is 7.18. The van der Waals surface area contributed by atoms with E-state index in [2.05, 4.69) is 26.2 Å². The second-order valence-electron chi connectivity index (χ2n) is 5.75. The van der Waals surface area contributed by atoms with Gasteiger partial charge in [-0.2, -0.15) is 0 Å². The molecule has 1 atom stereocenters. The fraction of sp³-hybridized carbons (Fsp3) is 0.188. The number of aromatic nitrogens is 1. The van der Waals surface area contributed by atoms with Crippen LogP contribution >= 0.6 is 27.5 Å². The minimum atomic E-state index is -0.917. The maximum Gasteiger partial charge on any atom is 0.232 e. The quantitative estimate of drug-likeness (QED) is 0.657. The summed E-state index contributed by atoms with van der Waals surface area (Å²) >= 11 is 9.55. The molecule has 2 N–H and O–H groups in total. The Balaban J connectivity index is 2.02. The summed E-state index contributed by atoms with van der Waals surface area (Å²) in [6.07, 6.45) is 1.69. The maximum atomic E-state index is 12.5. The SMILES string of the molecule is CN1C(=N)N[C@@]2(CC1=O)c1cc(Br)ccc1Oc1cnc(Cl)cc12. The zero-order chi connectivity index (χ0) is 17.1. The molecule has 1 aromatic heterocycles. The molecule has 3 heterocycles. The Bertz CT molecular complexity index is 830. The molecule has 0 aliphatic carbocycles. The van der Waals surface area contributed by atoms with Gasteiger partial charge in [-0.25, -0.2) is 4.98 Å². The van der Waals surface area contributed by atoms with E-state index in [4.69, 9.17) is 21.7 Å². The van der Waals surface area contributed by atoms with E-state index in [0.29, 0.717) is 22.2 Å². The predicted molar refractivity (Wildman–Crippen MR) is 92.5 cm³/mol.